The lowest BCUT2D eigenvalue weighted by molar-refractivity contribution is 0.415. The van der Waals surface area contributed by atoms with Crippen LogP contribution in [0.25, 0.3) is 10.9 Å². The first-order valence-electron chi connectivity index (χ1n) is 6.51. The molecule has 0 amide bonds. The van der Waals surface area contributed by atoms with E-state index in [-0.39, 0.29) is 6.17 Å². The van der Waals surface area contributed by atoms with Gasteiger partial charge in [-0.3, -0.25) is 0 Å². The zero-order chi connectivity index (χ0) is 12.7. The molecule has 1 radical (unpaired) electrons. The van der Waals surface area contributed by atoms with Gasteiger partial charge in [0.15, 0.2) is 0 Å². The quantitative estimate of drug-likeness (QED) is 0.900. The second-order valence-electron chi connectivity index (χ2n) is 4.86. The number of benzene rings is 1. The Hall–Kier alpha value is -1.48. The van der Waals surface area contributed by atoms with Gasteiger partial charge >= 0.3 is 0 Å². The van der Waals surface area contributed by atoms with Gasteiger partial charge in [-0.1, -0.05) is 6.92 Å². The summed E-state index contributed by atoms with van der Waals surface area (Å²) >= 11 is 0. The standard InChI is InChI=1S/C15H19N2O/c1-3-15(16)17-13-6-4-5-11(13)12-8-7-10(18-2)9-14(12)17/h3,7-9,15H,4-6,16H2,1-2H3/t15-/m0/s1. The zero-order valence-corrected chi connectivity index (χ0v) is 10.9. The molecule has 1 aromatic carbocycles. The summed E-state index contributed by atoms with van der Waals surface area (Å²) < 4.78 is 7.59. The van der Waals surface area contributed by atoms with Gasteiger partial charge in [-0.05, 0) is 43.4 Å². The van der Waals surface area contributed by atoms with Crippen LogP contribution in [0.5, 0.6) is 5.75 Å². The SMILES string of the molecule is C[CH][C@@H](N)n1c2c(c3ccc(OC)cc31)CCC2. The van der Waals surface area contributed by atoms with E-state index in [1.54, 1.807) is 7.11 Å². The summed E-state index contributed by atoms with van der Waals surface area (Å²) in [6.07, 6.45) is 5.53. The molecule has 1 aliphatic carbocycles. The van der Waals surface area contributed by atoms with E-state index in [4.69, 9.17) is 10.5 Å². The minimum atomic E-state index is -0.0542. The molecular weight excluding hydrogens is 224 g/mol. The zero-order valence-electron chi connectivity index (χ0n) is 10.9. The fourth-order valence-corrected chi connectivity index (χ4v) is 3.01. The van der Waals surface area contributed by atoms with Crippen molar-refractivity contribution in [3.63, 3.8) is 0 Å². The van der Waals surface area contributed by atoms with E-state index in [0.717, 1.165) is 12.2 Å². The third-order valence-electron chi connectivity index (χ3n) is 3.91. The molecule has 0 saturated heterocycles. The van der Waals surface area contributed by atoms with Crippen molar-refractivity contribution < 1.29 is 4.74 Å². The second kappa shape index (κ2) is 4.32. The van der Waals surface area contributed by atoms with Crippen LogP contribution in [0.2, 0.25) is 0 Å². The first kappa shape index (κ1) is 11.6. The summed E-state index contributed by atoms with van der Waals surface area (Å²) in [5, 5.41) is 1.33. The molecule has 0 unspecified atom stereocenters. The maximum Gasteiger partial charge on any atom is 0.120 e. The van der Waals surface area contributed by atoms with Gasteiger partial charge in [0, 0.05) is 17.1 Å². The van der Waals surface area contributed by atoms with Crippen molar-refractivity contribution in [2.45, 2.75) is 32.4 Å². The highest BCUT2D eigenvalue weighted by atomic mass is 16.5. The lowest BCUT2D eigenvalue weighted by Crippen LogP contribution is -2.19. The van der Waals surface area contributed by atoms with Gasteiger partial charge < -0.3 is 15.0 Å². The average molecular weight is 243 g/mol. The molecule has 18 heavy (non-hydrogen) atoms. The summed E-state index contributed by atoms with van der Waals surface area (Å²) in [5.74, 6) is 0.892. The molecule has 2 N–H and O–H groups in total. The largest absolute Gasteiger partial charge is 0.497 e. The van der Waals surface area contributed by atoms with E-state index in [1.807, 2.05) is 19.4 Å². The lowest BCUT2D eigenvalue weighted by atomic mass is 10.1. The first-order valence-corrected chi connectivity index (χ1v) is 6.51. The number of hydrogen-bond donors (Lipinski definition) is 1. The molecule has 1 aromatic heterocycles. The number of ether oxygens (including phenoxy) is 1. The molecule has 1 atom stereocenters. The molecule has 0 aliphatic heterocycles. The Morgan fingerprint density at radius 2 is 2.22 bits per heavy atom. The van der Waals surface area contributed by atoms with Crippen molar-refractivity contribution >= 4 is 10.9 Å². The smallest absolute Gasteiger partial charge is 0.120 e. The summed E-state index contributed by atoms with van der Waals surface area (Å²) in [4.78, 5) is 0. The van der Waals surface area contributed by atoms with Crippen LogP contribution in [0.4, 0.5) is 0 Å². The third-order valence-corrected chi connectivity index (χ3v) is 3.91. The van der Waals surface area contributed by atoms with Crippen molar-refractivity contribution in [1.82, 2.24) is 4.57 Å². The third kappa shape index (κ3) is 1.54. The number of methoxy groups -OCH3 is 1. The second-order valence-corrected chi connectivity index (χ2v) is 4.86. The van der Waals surface area contributed by atoms with Gasteiger partial charge in [0.05, 0.1) is 18.8 Å². The number of aryl methyl sites for hydroxylation is 1. The molecular formula is C15H19N2O. The van der Waals surface area contributed by atoms with E-state index < -0.39 is 0 Å². The molecule has 0 bridgehead atoms. The van der Waals surface area contributed by atoms with E-state index in [9.17, 15) is 0 Å². The highest BCUT2D eigenvalue weighted by molar-refractivity contribution is 5.87. The van der Waals surface area contributed by atoms with Crippen molar-refractivity contribution in [2.75, 3.05) is 7.11 Å². The van der Waals surface area contributed by atoms with Gasteiger partial charge in [0.2, 0.25) is 0 Å². The number of hydrogen-bond acceptors (Lipinski definition) is 2. The minimum Gasteiger partial charge on any atom is -0.497 e. The van der Waals surface area contributed by atoms with Crippen LogP contribution >= 0.6 is 0 Å². The van der Waals surface area contributed by atoms with Crippen molar-refractivity contribution in [3.05, 3.63) is 35.9 Å². The maximum absolute atomic E-state index is 6.24. The number of aromatic nitrogens is 1. The Balaban J connectivity index is 2.29. The highest BCUT2D eigenvalue weighted by Crippen LogP contribution is 2.36. The lowest BCUT2D eigenvalue weighted by Gasteiger charge is -2.16. The van der Waals surface area contributed by atoms with Crippen LogP contribution in [0, 0.1) is 6.42 Å². The molecule has 1 heterocycles. The highest BCUT2D eigenvalue weighted by Gasteiger charge is 2.23. The Morgan fingerprint density at radius 1 is 1.39 bits per heavy atom. The van der Waals surface area contributed by atoms with Crippen LogP contribution in [0.1, 0.15) is 30.8 Å². The molecule has 0 fully saturated rings. The van der Waals surface area contributed by atoms with Crippen LogP contribution in [-0.2, 0) is 12.8 Å². The molecule has 95 valence electrons. The monoisotopic (exact) mass is 243 g/mol. The van der Waals surface area contributed by atoms with Gasteiger partial charge in [-0.2, -0.15) is 0 Å². The van der Waals surface area contributed by atoms with Crippen LogP contribution in [0.15, 0.2) is 18.2 Å². The number of nitrogens with two attached hydrogens (primary N) is 1. The molecule has 0 spiro atoms. The van der Waals surface area contributed by atoms with Crippen molar-refractivity contribution in [2.24, 2.45) is 5.73 Å². The predicted molar refractivity (Wildman–Crippen MR) is 73.7 cm³/mol. The van der Waals surface area contributed by atoms with Gasteiger partial charge in [0.25, 0.3) is 0 Å². The van der Waals surface area contributed by atoms with E-state index >= 15 is 0 Å². The summed E-state index contributed by atoms with van der Waals surface area (Å²) in [7, 11) is 1.70. The summed E-state index contributed by atoms with van der Waals surface area (Å²) in [5.41, 5.74) is 10.3. The Labute approximate surface area is 108 Å². The average Bonchev–Trinajstić information content (AvgIpc) is 2.97. The molecule has 0 saturated carbocycles. The Kier molecular flexibility index (Phi) is 2.78. The number of rotatable bonds is 3. The minimum absolute atomic E-state index is 0.0542. The topological polar surface area (TPSA) is 40.2 Å². The van der Waals surface area contributed by atoms with Crippen LogP contribution < -0.4 is 10.5 Å². The molecule has 3 nitrogen and oxygen atoms in total. The molecule has 3 heteroatoms. The Bertz CT molecular complexity index is 586. The predicted octanol–water partition coefficient (Wildman–Crippen LogP) is 2.82. The van der Waals surface area contributed by atoms with E-state index in [2.05, 4.69) is 16.7 Å². The normalized spacial score (nSPS) is 15.9. The Morgan fingerprint density at radius 3 is 2.94 bits per heavy atom. The van der Waals surface area contributed by atoms with Crippen molar-refractivity contribution in [1.29, 1.82) is 0 Å². The summed E-state index contributed by atoms with van der Waals surface area (Å²) in [6, 6.07) is 6.29. The molecule has 3 rings (SSSR count). The van der Waals surface area contributed by atoms with Gasteiger partial charge in [-0.25, -0.2) is 0 Å². The first-order chi connectivity index (χ1) is 8.76. The molecule has 2 aromatic rings. The van der Waals surface area contributed by atoms with Crippen molar-refractivity contribution in [3.8, 4) is 5.75 Å². The van der Waals surface area contributed by atoms with Crippen LogP contribution in [0.3, 0.4) is 0 Å². The number of fused-ring (bicyclic) bond motifs is 3. The maximum atomic E-state index is 6.24. The fraction of sp³-hybridized carbons (Fsp3) is 0.400. The van der Waals surface area contributed by atoms with Gasteiger partial charge in [-0.15, -0.1) is 0 Å². The van der Waals surface area contributed by atoms with Crippen LogP contribution in [-0.4, -0.2) is 11.7 Å². The molecule has 1 aliphatic rings. The fourth-order valence-electron chi connectivity index (χ4n) is 3.01. The van der Waals surface area contributed by atoms with E-state index in [1.165, 1.54) is 35.0 Å². The van der Waals surface area contributed by atoms with Gasteiger partial charge in [0.1, 0.15) is 5.75 Å². The summed E-state index contributed by atoms with van der Waals surface area (Å²) in [6.45, 7) is 2.01. The number of nitrogens with zero attached hydrogens (tertiary/aromatic N) is 1. The van der Waals surface area contributed by atoms with E-state index in [0.29, 0.717) is 0 Å².